The van der Waals surface area contributed by atoms with E-state index in [9.17, 15) is 8.42 Å². The van der Waals surface area contributed by atoms with Gasteiger partial charge < -0.3 is 4.42 Å². The summed E-state index contributed by atoms with van der Waals surface area (Å²) in [5.41, 5.74) is 0. The average molecular weight is 371 g/mol. The Morgan fingerprint density at radius 3 is 2.32 bits per heavy atom. The van der Waals surface area contributed by atoms with Crippen LogP contribution >= 0.6 is 27.5 Å². The highest BCUT2D eigenvalue weighted by Crippen LogP contribution is 2.30. The molecule has 1 saturated heterocycles. The van der Waals surface area contributed by atoms with Crippen molar-refractivity contribution in [2.24, 2.45) is 0 Å². The number of sulfonamides is 1. The van der Waals surface area contributed by atoms with E-state index < -0.39 is 10.0 Å². The number of hydrogen-bond donors (Lipinski definition) is 0. The third kappa shape index (κ3) is 3.54. The topological polar surface area (TPSA) is 50.5 Å². The molecule has 108 valence electrons. The van der Waals surface area contributed by atoms with E-state index in [2.05, 4.69) is 15.9 Å². The highest BCUT2D eigenvalue weighted by atomic mass is 79.9. The second-order valence-corrected chi connectivity index (χ2v) is 7.55. The summed E-state index contributed by atoms with van der Waals surface area (Å²) >= 11 is 8.84. The number of hydrogen-bond acceptors (Lipinski definition) is 3. The number of furan rings is 1. The maximum absolute atomic E-state index is 12.6. The fourth-order valence-electron chi connectivity index (χ4n) is 2.24. The van der Waals surface area contributed by atoms with Crippen LogP contribution in [0.4, 0.5) is 0 Å². The van der Waals surface area contributed by atoms with Gasteiger partial charge in [-0.1, -0.05) is 19.3 Å². The van der Waals surface area contributed by atoms with Gasteiger partial charge in [-0.3, -0.25) is 0 Å². The molecule has 0 amide bonds. The van der Waals surface area contributed by atoms with Crippen LogP contribution in [0.25, 0.3) is 0 Å². The van der Waals surface area contributed by atoms with Gasteiger partial charge in [-0.25, -0.2) is 8.42 Å². The van der Waals surface area contributed by atoms with E-state index in [0.717, 1.165) is 25.7 Å². The Labute approximate surface area is 127 Å². The number of alkyl halides is 1. The van der Waals surface area contributed by atoms with Gasteiger partial charge in [0.15, 0.2) is 4.67 Å². The lowest BCUT2D eigenvalue weighted by Crippen LogP contribution is -2.33. The van der Waals surface area contributed by atoms with E-state index in [1.807, 2.05) is 0 Å². The van der Waals surface area contributed by atoms with Crippen LogP contribution < -0.4 is 0 Å². The van der Waals surface area contributed by atoms with Gasteiger partial charge in [0.05, 0.1) is 5.88 Å². The normalized spacial score (nSPS) is 19.1. The number of halogens is 2. The monoisotopic (exact) mass is 369 g/mol. The van der Waals surface area contributed by atoms with Gasteiger partial charge >= 0.3 is 0 Å². The molecule has 0 atom stereocenters. The first kappa shape index (κ1) is 15.4. The van der Waals surface area contributed by atoms with Crippen LogP contribution in [-0.2, 0) is 15.9 Å². The summed E-state index contributed by atoms with van der Waals surface area (Å²) < 4.78 is 32.3. The molecule has 0 saturated carbocycles. The second-order valence-electron chi connectivity index (χ2n) is 4.66. The molecule has 0 N–H and O–H groups in total. The van der Waals surface area contributed by atoms with Crippen LogP contribution in [0.3, 0.4) is 0 Å². The highest BCUT2D eigenvalue weighted by Gasteiger charge is 2.29. The molecule has 7 heteroatoms. The second kappa shape index (κ2) is 6.61. The average Bonchev–Trinajstić information content (AvgIpc) is 2.70. The van der Waals surface area contributed by atoms with Crippen molar-refractivity contribution >= 4 is 37.6 Å². The van der Waals surface area contributed by atoms with Crippen molar-refractivity contribution in [1.82, 2.24) is 4.31 Å². The molecule has 0 spiro atoms. The van der Waals surface area contributed by atoms with Crippen molar-refractivity contribution in [3.63, 3.8) is 0 Å². The summed E-state index contributed by atoms with van der Waals surface area (Å²) in [5, 5.41) is 0. The van der Waals surface area contributed by atoms with Crippen LogP contribution in [0.2, 0.25) is 0 Å². The Balaban J connectivity index is 2.26. The van der Waals surface area contributed by atoms with Gasteiger partial charge in [0.25, 0.3) is 0 Å². The van der Waals surface area contributed by atoms with Crippen molar-refractivity contribution < 1.29 is 12.8 Å². The minimum absolute atomic E-state index is 0.161. The predicted molar refractivity (Wildman–Crippen MR) is 77.8 cm³/mol. The molecule has 0 radical (unpaired) electrons. The van der Waals surface area contributed by atoms with Crippen LogP contribution in [0, 0.1) is 0 Å². The van der Waals surface area contributed by atoms with E-state index in [1.54, 1.807) is 4.31 Å². The summed E-state index contributed by atoms with van der Waals surface area (Å²) in [4.78, 5) is 0.184. The maximum atomic E-state index is 12.6. The number of rotatable bonds is 3. The summed E-state index contributed by atoms with van der Waals surface area (Å²) in [6.45, 7) is 1.16. The lowest BCUT2D eigenvalue weighted by atomic mass is 10.1. The summed E-state index contributed by atoms with van der Waals surface area (Å²) in [6.07, 6.45) is 5.20. The molecule has 19 heavy (non-hydrogen) atoms. The molecule has 0 aromatic carbocycles. The van der Waals surface area contributed by atoms with Crippen molar-refractivity contribution in [3.8, 4) is 0 Å². The minimum Gasteiger partial charge on any atom is -0.452 e. The van der Waals surface area contributed by atoms with E-state index in [0.29, 0.717) is 18.8 Å². The molecule has 1 aromatic rings. The SMILES string of the molecule is O=S(=O)(c1cc(CCl)oc1Br)N1CCCCCCC1. The Bertz CT molecular complexity index is 521. The van der Waals surface area contributed by atoms with E-state index in [-0.39, 0.29) is 15.4 Å². The summed E-state index contributed by atoms with van der Waals surface area (Å²) in [7, 11) is -3.49. The van der Waals surface area contributed by atoms with Crippen LogP contribution in [0.15, 0.2) is 20.0 Å². The Hall–Kier alpha value is -0.0400. The van der Waals surface area contributed by atoms with Crippen molar-refractivity contribution in [3.05, 3.63) is 16.5 Å². The fourth-order valence-corrected chi connectivity index (χ4v) is 4.85. The Morgan fingerprint density at radius 2 is 1.79 bits per heavy atom. The third-order valence-corrected chi connectivity index (χ3v) is 6.29. The van der Waals surface area contributed by atoms with E-state index in [4.69, 9.17) is 16.0 Å². The molecule has 1 fully saturated rings. The molecule has 1 aliphatic heterocycles. The molecular weight excluding hydrogens is 354 g/mol. The lowest BCUT2D eigenvalue weighted by molar-refractivity contribution is 0.363. The minimum atomic E-state index is -3.49. The van der Waals surface area contributed by atoms with Gasteiger partial charge in [0.1, 0.15) is 10.7 Å². The molecular formula is C12H17BrClNO3S. The molecule has 0 bridgehead atoms. The molecule has 4 nitrogen and oxygen atoms in total. The molecule has 1 aromatic heterocycles. The summed E-state index contributed by atoms with van der Waals surface area (Å²) in [5.74, 6) is 0.618. The van der Waals surface area contributed by atoms with Gasteiger partial charge in [0, 0.05) is 19.2 Å². The molecule has 0 unspecified atom stereocenters. The maximum Gasteiger partial charge on any atom is 0.247 e. The van der Waals surface area contributed by atoms with E-state index in [1.165, 1.54) is 12.5 Å². The van der Waals surface area contributed by atoms with Gasteiger partial charge in [-0.05, 0) is 28.8 Å². The highest BCUT2D eigenvalue weighted by molar-refractivity contribution is 9.10. The van der Waals surface area contributed by atoms with Crippen LogP contribution in [0.5, 0.6) is 0 Å². The van der Waals surface area contributed by atoms with Crippen molar-refractivity contribution in [2.45, 2.75) is 42.9 Å². The van der Waals surface area contributed by atoms with Crippen molar-refractivity contribution in [2.75, 3.05) is 13.1 Å². The number of nitrogens with zero attached hydrogens (tertiary/aromatic N) is 1. The van der Waals surface area contributed by atoms with Gasteiger partial charge in [-0.15, -0.1) is 11.6 Å². The Kier molecular flexibility index (Phi) is 5.34. The first-order valence-electron chi connectivity index (χ1n) is 6.40. The van der Waals surface area contributed by atoms with Crippen LogP contribution in [0.1, 0.15) is 37.9 Å². The Morgan fingerprint density at radius 1 is 1.21 bits per heavy atom. The van der Waals surface area contributed by atoms with E-state index >= 15 is 0 Å². The quantitative estimate of drug-likeness (QED) is 0.762. The molecule has 0 aliphatic carbocycles. The predicted octanol–water partition coefficient (Wildman–Crippen LogP) is 3.74. The largest absolute Gasteiger partial charge is 0.452 e. The smallest absolute Gasteiger partial charge is 0.247 e. The zero-order chi connectivity index (χ0) is 13.9. The lowest BCUT2D eigenvalue weighted by Gasteiger charge is -2.23. The van der Waals surface area contributed by atoms with Gasteiger partial charge in [-0.2, -0.15) is 4.31 Å². The molecule has 2 heterocycles. The van der Waals surface area contributed by atoms with Crippen molar-refractivity contribution in [1.29, 1.82) is 0 Å². The van der Waals surface area contributed by atoms with Crippen LogP contribution in [-0.4, -0.2) is 25.8 Å². The molecule has 1 aliphatic rings. The zero-order valence-corrected chi connectivity index (χ0v) is 13.7. The first-order valence-corrected chi connectivity index (χ1v) is 9.17. The fraction of sp³-hybridized carbons (Fsp3) is 0.667. The summed E-state index contributed by atoms with van der Waals surface area (Å²) in [6, 6.07) is 1.51. The standard InChI is InChI=1S/C12H17BrClNO3S/c13-12-11(8-10(9-14)18-12)19(16,17)15-6-4-2-1-3-5-7-15/h8H,1-7,9H2. The first-order chi connectivity index (χ1) is 9.05. The third-order valence-electron chi connectivity index (χ3n) is 3.27. The molecule has 2 rings (SSSR count). The zero-order valence-electron chi connectivity index (χ0n) is 10.6. The van der Waals surface area contributed by atoms with Gasteiger partial charge in [0.2, 0.25) is 10.0 Å².